The molecule has 4 unspecified atom stereocenters. The van der Waals surface area contributed by atoms with Crippen molar-refractivity contribution in [3.8, 4) is 0 Å². The largest absolute Gasteiger partial charge is 0.298 e. The summed E-state index contributed by atoms with van der Waals surface area (Å²) in [5, 5.41) is 0. The zero-order chi connectivity index (χ0) is 7.42. The highest BCUT2D eigenvalue weighted by Gasteiger charge is 2.52. The van der Waals surface area contributed by atoms with Crippen molar-refractivity contribution in [2.45, 2.75) is 19.3 Å². The third kappa shape index (κ3) is 0.559. The zero-order valence-corrected chi connectivity index (χ0v) is 6.49. The van der Waals surface area contributed by atoms with Crippen LogP contribution in [0, 0.1) is 23.7 Å². The summed E-state index contributed by atoms with van der Waals surface area (Å²) in [6, 6.07) is 0. The van der Waals surface area contributed by atoms with Crippen LogP contribution in [0.4, 0.5) is 0 Å². The number of carbonyl (C=O) groups excluding carboxylic acids is 1. The molecule has 2 bridgehead atoms. The van der Waals surface area contributed by atoms with Gasteiger partial charge in [-0.3, -0.25) is 4.79 Å². The summed E-state index contributed by atoms with van der Waals surface area (Å²) in [5.74, 6) is 2.70. The van der Waals surface area contributed by atoms with Crippen LogP contribution < -0.4 is 0 Å². The first-order valence-electron chi connectivity index (χ1n) is 4.60. The molecule has 58 valence electrons. The standard InChI is InChI=1S/C10H12O/c11-10-8-4-5-9(10)7-3-1-2-6(7)8/h4-9H,1-3H2. The molecular weight excluding hydrogens is 136 g/mol. The summed E-state index contributed by atoms with van der Waals surface area (Å²) >= 11 is 0. The summed E-state index contributed by atoms with van der Waals surface area (Å²) < 4.78 is 0. The van der Waals surface area contributed by atoms with Gasteiger partial charge in [0.25, 0.3) is 0 Å². The van der Waals surface area contributed by atoms with Crippen molar-refractivity contribution in [3.63, 3.8) is 0 Å². The SMILES string of the molecule is O=C1C2C=CC1C1CCCC21. The second kappa shape index (κ2) is 1.77. The Morgan fingerprint density at radius 3 is 2.18 bits per heavy atom. The van der Waals surface area contributed by atoms with Crippen LogP contribution in [0.1, 0.15) is 19.3 Å². The fourth-order valence-corrected chi connectivity index (χ4v) is 3.27. The molecule has 0 heterocycles. The molecule has 0 spiro atoms. The van der Waals surface area contributed by atoms with Crippen molar-refractivity contribution >= 4 is 5.78 Å². The van der Waals surface area contributed by atoms with Gasteiger partial charge in [-0.25, -0.2) is 0 Å². The van der Waals surface area contributed by atoms with Gasteiger partial charge in [0.2, 0.25) is 0 Å². The van der Waals surface area contributed by atoms with Crippen LogP contribution in [0.3, 0.4) is 0 Å². The smallest absolute Gasteiger partial charge is 0.147 e. The first-order valence-corrected chi connectivity index (χ1v) is 4.60. The van der Waals surface area contributed by atoms with E-state index in [1.165, 1.54) is 19.3 Å². The molecule has 4 atom stereocenters. The molecule has 0 radical (unpaired) electrons. The normalized spacial score (nSPS) is 52.2. The molecule has 1 heteroatoms. The number of hydrogen-bond acceptors (Lipinski definition) is 1. The summed E-state index contributed by atoms with van der Waals surface area (Å²) in [4.78, 5) is 11.5. The Balaban J connectivity index is 2.05. The van der Waals surface area contributed by atoms with E-state index < -0.39 is 0 Å². The maximum atomic E-state index is 11.5. The summed E-state index contributed by atoms with van der Waals surface area (Å²) in [7, 11) is 0. The molecule has 1 nitrogen and oxygen atoms in total. The van der Waals surface area contributed by atoms with Crippen LogP contribution in [0.25, 0.3) is 0 Å². The molecule has 2 fully saturated rings. The van der Waals surface area contributed by atoms with E-state index in [0.29, 0.717) is 17.6 Å². The Bertz CT molecular complexity index is 219. The number of ketones is 1. The third-order valence-corrected chi connectivity index (χ3v) is 3.73. The molecule has 0 aliphatic heterocycles. The summed E-state index contributed by atoms with van der Waals surface area (Å²) in [5.41, 5.74) is 0. The lowest BCUT2D eigenvalue weighted by Gasteiger charge is -2.17. The highest BCUT2D eigenvalue weighted by atomic mass is 16.1. The van der Waals surface area contributed by atoms with E-state index in [1.807, 2.05) is 0 Å². The topological polar surface area (TPSA) is 17.1 Å². The van der Waals surface area contributed by atoms with E-state index in [2.05, 4.69) is 12.2 Å². The Morgan fingerprint density at radius 2 is 1.64 bits per heavy atom. The van der Waals surface area contributed by atoms with Crippen LogP contribution in [-0.4, -0.2) is 5.78 Å². The number of allylic oxidation sites excluding steroid dienone is 2. The minimum absolute atomic E-state index is 0.340. The lowest BCUT2D eigenvalue weighted by atomic mass is 9.86. The Hall–Kier alpha value is -0.590. The first-order chi connectivity index (χ1) is 5.38. The number of rotatable bonds is 0. The number of Topliss-reactive ketones (excluding diaryl/α,β-unsaturated/α-hetero) is 1. The predicted molar refractivity (Wildman–Crippen MR) is 42.0 cm³/mol. The van der Waals surface area contributed by atoms with Gasteiger partial charge in [0.05, 0.1) is 0 Å². The van der Waals surface area contributed by atoms with Gasteiger partial charge in [0, 0.05) is 11.8 Å². The van der Waals surface area contributed by atoms with Crippen LogP contribution in [0.15, 0.2) is 12.2 Å². The molecule has 3 aliphatic carbocycles. The van der Waals surface area contributed by atoms with E-state index in [0.717, 1.165) is 11.8 Å². The van der Waals surface area contributed by atoms with Crippen molar-refractivity contribution in [2.24, 2.45) is 23.7 Å². The Morgan fingerprint density at radius 1 is 1.09 bits per heavy atom. The zero-order valence-electron chi connectivity index (χ0n) is 6.49. The average Bonchev–Trinajstić information content (AvgIpc) is 2.61. The minimum Gasteiger partial charge on any atom is -0.298 e. The van der Waals surface area contributed by atoms with Crippen molar-refractivity contribution in [3.05, 3.63) is 12.2 Å². The van der Waals surface area contributed by atoms with Crippen LogP contribution in [0.2, 0.25) is 0 Å². The highest BCUT2D eigenvalue weighted by molar-refractivity contribution is 5.92. The molecule has 2 saturated carbocycles. The van der Waals surface area contributed by atoms with E-state index in [9.17, 15) is 4.79 Å². The molecule has 0 aromatic rings. The van der Waals surface area contributed by atoms with Gasteiger partial charge in [-0.2, -0.15) is 0 Å². The molecule has 0 aromatic carbocycles. The third-order valence-electron chi connectivity index (χ3n) is 3.73. The van der Waals surface area contributed by atoms with E-state index in [1.54, 1.807) is 0 Å². The van der Waals surface area contributed by atoms with Gasteiger partial charge in [-0.15, -0.1) is 0 Å². The van der Waals surface area contributed by atoms with Crippen molar-refractivity contribution in [1.29, 1.82) is 0 Å². The van der Waals surface area contributed by atoms with Crippen molar-refractivity contribution in [2.75, 3.05) is 0 Å². The van der Waals surface area contributed by atoms with E-state index >= 15 is 0 Å². The molecule has 3 rings (SSSR count). The van der Waals surface area contributed by atoms with Gasteiger partial charge < -0.3 is 0 Å². The maximum absolute atomic E-state index is 11.5. The summed E-state index contributed by atoms with van der Waals surface area (Å²) in [6.45, 7) is 0. The second-order valence-electron chi connectivity index (χ2n) is 4.10. The summed E-state index contributed by atoms with van der Waals surface area (Å²) in [6.07, 6.45) is 8.28. The highest BCUT2D eigenvalue weighted by Crippen LogP contribution is 2.53. The molecule has 0 amide bonds. The lowest BCUT2D eigenvalue weighted by molar-refractivity contribution is -0.121. The van der Waals surface area contributed by atoms with Gasteiger partial charge in [-0.05, 0) is 24.7 Å². The second-order valence-corrected chi connectivity index (χ2v) is 4.10. The average molecular weight is 148 g/mol. The number of carbonyl (C=O) groups is 1. The fraction of sp³-hybridized carbons (Fsp3) is 0.700. The maximum Gasteiger partial charge on any atom is 0.147 e. The van der Waals surface area contributed by atoms with Gasteiger partial charge in [0.15, 0.2) is 0 Å². The lowest BCUT2D eigenvalue weighted by Crippen LogP contribution is -2.12. The van der Waals surface area contributed by atoms with Crippen molar-refractivity contribution in [1.82, 2.24) is 0 Å². The van der Waals surface area contributed by atoms with Gasteiger partial charge in [-0.1, -0.05) is 18.6 Å². The van der Waals surface area contributed by atoms with E-state index in [-0.39, 0.29) is 0 Å². The molecule has 3 aliphatic rings. The minimum atomic E-state index is 0.340. The monoisotopic (exact) mass is 148 g/mol. The first kappa shape index (κ1) is 5.99. The van der Waals surface area contributed by atoms with Crippen molar-refractivity contribution < 1.29 is 4.79 Å². The van der Waals surface area contributed by atoms with Crippen LogP contribution >= 0.6 is 0 Å². The fourth-order valence-electron chi connectivity index (χ4n) is 3.27. The Labute approximate surface area is 66.5 Å². The molecule has 11 heavy (non-hydrogen) atoms. The molecular formula is C10H12O. The molecule has 0 N–H and O–H groups in total. The van der Waals surface area contributed by atoms with Crippen LogP contribution in [0.5, 0.6) is 0 Å². The van der Waals surface area contributed by atoms with Crippen LogP contribution in [-0.2, 0) is 4.79 Å². The van der Waals surface area contributed by atoms with E-state index in [4.69, 9.17) is 0 Å². The van der Waals surface area contributed by atoms with Gasteiger partial charge in [0.1, 0.15) is 5.78 Å². The van der Waals surface area contributed by atoms with Gasteiger partial charge >= 0.3 is 0 Å². The number of fused-ring (bicyclic) bond motifs is 5. The number of hydrogen-bond donors (Lipinski definition) is 0. The quantitative estimate of drug-likeness (QED) is 0.479. The molecule has 0 saturated heterocycles. The Kier molecular flexibility index (Phi) is 0.961. The predicted octanol–water partition coefficient (Wildman–Crippen LogP) is 1.79. The molecule has 0 aromatic heterocycles.